The summed E-state index contributed by atoms with van der Waals surface area (Å²) < 4.78 is 18.4. The SMILES string of the molecule is COc1ccc(F)c(NC(=O)NC(C(=O)O)C2CC2)c1. The van der Waals surface area contributed by atoms with Crippen molar-refractivity contribution in [2.45, 2.75) is 18.9 Å². The Morgan fingerprint density at radius 2 is 2.15 bits per heavy atom. The second kappa shape index (κ2) is 5.77. The largest absolute Gasteiger partial charge is 0.497 e. The number of methoxy groups -OCH3 is 1. The summed E-state index contributed by atoms with van der Waals surface area (Å²) >= 11 is 0. The smallest absolute Gasteiger partial charge is 0.326 e. The molecule has 1 atom stereocenters. The first kappa shape index (κ1) is 14.1. The lowest BCUT2D eigenvalue weighted by atomic mass is 10.2. The predicted molar refractivity (Wildman–Crippen MR) is 69.3 cm³/mol. The van der Waals surface area contributed by atoms with Gasteiger partial charge in [0, 0.05) is 6.07 Å². The highest BCUT2D eigenvalue weighted by Crippen LogP contribution is 2.32. The topological polar surface area (TPSA) is 87.7 Å². The number of nitrogens with one attached hydrogen (secondary N) is 2. The van der Waals surface area contributed by atoms with Crippen molar-refractivity contribution in [3.05, 3.63) is 24.0 Å². The number of carboxylic acid groups (broad SMARTS) is 1. The van der Waals surface area contributed by atoms with Crippen LogP contribution >= 0.6 is 0 Å². The molecule has 0 bridgehead atoms. The van der Waals surface area contributed by atoms with E-state index in [-0.39, 0.29) is 11.6 Å². The van der Waals surface area contributed by atoms with Gasteiger partial charge in [0.15, 0.2) is 0 Å². The third-order valence-corrected chi connectivity index (χ3v) is 3.07. The molecule has 6 nitrogen and oxygen atoms in total. The van der Waals surface area contributed by atoms with E-state index in [9.17, 15) is 14.0 Å². The zero-order valence-electron chi connectivity index (χ0n) is 10.9. The maximum absolute atomic E-state index is 13.5. The number of rotatable bonds is 5. The lowest BCUT2D eigenvalue weighted by Gasteiger charge is -2.15. The van der Waals surface area contributed by atoms with Gasteiger partial charge in [0.2, 0.25) is 0 Å². The van der Waals surface area contributed by atoms with Crippen molar-refractivity contribution < 1.29 is 23.8 Å². The predicted octanol–water partition coefficient (Wildman–Crippen LogP) is 1.82. The summed E-state index contributed by atoms with van der Waals surface area (Å²) in [7, 11) is 1.42. The fraction of sp³-hybridized carbons (Fsp3) is 0.385. The number of carbonyl (C=O) groups excluding carboxylic acids is 1. The van der Waals surface area contributed by atoms with E-state index in [0.717, 1.165) is 18.9 Å². The quantitative estimate of drug-likeness (QED) is 0.768. The van der Waals surface area contributed by atoms with Crippen molar-refractivity contribution in [3.8, 4) is 5.75 Å². The van der Waals surface area contributed by atoms with Crippen LogP contribution in [0.3, 0.4) is 0 Å². The van der Waals surface area contributed by atoms with Gasteiger partial charge < -0.3 is 20.5 Å². The second-order valence-electron chi connectivity index (χ2n) is 4.60. The molecule has 1 saturated carbocycles. The van der Waals surface area contributed by atoms with Crippen LogP contribution < -0.4 is 15.4 Å². The zero-order valence-corrected chi connectivity index (χ0v) is 10.9. The Kier molecular flexibility index (Phi) is 4.07. The first-order chi connectivity index (χ1) is 9.51. The van der Waals surface area contributed by atoms with Crippen LogP contribution in [-0.2, 0) is 4.79 Å². The lowest BCUT2D eigenvalue weighted by Crippen LogP contribution is -2.44. The fourth-order valence-electron chi connectivity index (χ4n) is 1.84. The van der Waals surface area contributed by atoms with E-state index in [1.54, 1.807) is 0 Å². The minimum Gasteiger partial charge on any atom is -0.497 e. The molecule has 108 valence electrons. The van der Waals surface area contributed by atoms with Gasteiger partial charge in [-0.1, -0.05) is 0 Å². The molecule has 7 heteroatoms. The number of aliphatic carboxylic acids is 1. The Morgan fingerprint density at radius 1 is 1.45 bits per heavy atom. The van der Waals surface area contributed by atoms with E-state index < -0.39 is 23.9 Å². The molecule has 0 aliphatic heterocycles. The summed E-state index contributed by atoms with van der Waals surface area (Å²) in [5.74, 6) is -1.37. The molecule has 20 heavy (non-hydrogen) atoms. The van der Waals surface area contributed by atoms with E-state index >= 15 is 0 Å². The van der Waals surface area contributed by atoms with E-state index in [1.807, 2.05) is 0 Å². The first-order valence-corrected chi connectivity index (χ1v) is 6.15. The Bertz CT molecular complexity index is 531. The van der Waals surface area contributed by atoms with Crippen LogP contribution in [0, 0.1) is 11.7 Å². The molecule has 1 aliphatic rings. The normalized spacial score (nSPS) is 15.3. The Balaban J connectivity index is 2.02. The molecule has 0 aromatic heterocycles. The summed E-state index contributed by atoms with van der Waals surface area (Å²) in [6.45, 7) is 0. The van der Waals surface area contributed by atoms with Crippen molar-refractivity contribution in [1.82, 2.24) is 5.32 Å². The lowest BCUT2D eigenvalue weighted by molar-refractivity contribution is -0.139. The van der Waals surface area contributed by atoms with E-state index in [2.05, 4.69) is 10.6 Å². The Morgan fingerprint density at radius 3 is 2.70 bits per heavy atom. The van der Waals surface area contributed by atoms with Crippen LogP contribution in [0.2, 0.25) is 0 Å². The number of anilines is 1. The van der Waals surface area contributed by atoms with E-state index in [1.165, 1.54) is 19.2 Å². The number of halogens is 1. The average Bonchev–Trinajstić information content (AvgIpc) is 3.22. The molecule has 1 aromatic rings. The van der Waals surface area contributed by atoms with Crippen molar-refractivity contribution in [1.29, 1.82) is 0 Å². The summed E-state index contributed by atoms with van der Waals surface area (Å²) in [5, 5.41) is 13.6. The number of carboxylic acids is 1. The second-order valence-corrected chi connectivity index (χ2v) is 4.60. The van der Waals surface area contributed by atoms with Crippen LogP contribution in [0.25, 0.3) is 0 Å². The van der Waals surface area contributed by atoms with E-state index in [4.69, 9.17) is 9.84 Å². The molecule has 2 amide bonds. The van der Waals surface area contributed by atoms with Gasteiger partial charge in [-0.05, 0) is 30.9 Å². The molecular weight excluding hydrogens is 267 g/mol. The van der Waals surface area contributed by atoms with Gasteiger partial charge in [-0.15, -0.1) is 0 Å². The third kappa shape index (κ3) is 3.37. The van der Waals surface area contributed by atoms with Gasteiger partial charge in [-0.25, -0.2) is 14.0 Å². The molecular formula is C13H15FN2O4. The molecule has 0 radical (unpaired) electrons. The first-order valence-electron chi connectivity index (χ1n) is 6.15. The third-order valence-electron chi connectivity index (χ3n) is 3.07. The molecule has 1 aromatic carbocycles. The highest BCUT2D eigenvalue weighted by atomic mass is 19.1. The number of hydrogen-bond donors (Lipinski definition) is 3. The minimum atomic E-state index is -1.09. The van der Waals surface area contributed by atoms with Crippen molar-refractivity contribution in [2.24, 2.45) is 5.92 Å². The van der Waals surface area contributed by atoms with Gasteiger partial charge in [0.1, 0.15) is 17.6 Å². The van der Waals surface area contributed by atoms with Gasteiger partial charge in [-0.3, -0.25) is 0 Å². The zero-order chi connectivity index (χ0) is 14.7. The highest BCUT2D eigenvalue weighted by molar-refractivity contribution is 5.92. The molecule has 1 fully saturated rings. The summed E-state index contributed by atoms with van der Waals surface area (Å²) in [6.07, 6.45) is 1.54. The summed E-state index contributed by atoms with van der Waals surface area (Å²) in [5.41, 5.74) is -0.0678. The molecule has 1 aliphatic carbocycles. The molecule has 0 heterocycles. The van der Waals surface area contributed by atoms with Crippen LogP contribution in [-0.4, -0.2) is 30.3 Å². The fourth-order valence-corrected chi connectivity index (χ4v) is 1.84. The summed E-state index contributed by atoms with van der Waals surface area (Å²) in [4.78, 5) is 22.7. The number of benzene rings is 1. The summed E-state index contributed by atoms with van der Waals surface area (Å²) in [6, 6.07) is 2.20. The number of amides is 2. The van der Waals surface area contributed by atoms with Gasteiger partial charge in [-0.2, -0.15) is 0 Å². The maximum Gasteiger partial charge on any atom is 0.326 e. The monoisotopic (exact) mass is 282 g/mol. The molecule has 0 saturated heterocycles. The molecule has 0 spiro atoms. The van der Waals surface area contributed by atoms with Crippen LogP contribution in [0.4, 0.5) is 14.9 Å². The van der Waals surface area contributed by atoms with Crippen LogP contribution in [0.5, 0.6) is 5.75 Å². The van der Waals surface area contributed by atoms with Crippen molar-refractivity contribution in [3.63, 3.8) is 0 Å². The molecule has 2 rings (SSSR count). The Labute approximate surface area is 114 Å². The number of hydrogen-bond acceptors (Lipinski definition) is 3. The van der Waals surface area contributed by atoms with Gasteiger partial charge >= 0.3 is 12.0 Å². The standard InChI is InChI=1S/C13H15FN2O4/c1-20-8-4-5-9(14)10(6-8)15-13(19)16-11(12(17)18)7-2-3-7/h4-7,11H,2-3H2,1H3,(H,17,18)(H2,15,16,19). The average molecular weight is 282 g/mol. The van der Waals surface area contributed by atoms with Crippen molar-refractivity contribution >= 4 is 17.7 Å². The van der Waals surface area contributed by atoms with Gasteiger partial charge in [0.05, 0.1) is 12.8 Å². The highest BCUT2D eigenvalue weighted by Gasteiger charge is 2.37. The van der Waals surface area contributed by atoms with Crippen LogP contribution in [0.1, 0.15) is 12.8 Å². The molecule has 3 N–H and O–H groups in total. The van der Waals surface area contributed by atoms with Crippen LogP contribution in [0.15, 0.2) is 18.2 Å². The number of urea groups is 1. The maximum atomic E-state index is 13.5. The minimum absolute atomic E-state index is 0.0478. The van der Waals surface area contributed by atoms with Gasteiger partial charge in [0.25, 0.3) is 0 Å². The molecule has 1 unspecified atom stereocenters. The Hall–Kier alpha value is -2.31. The number of ether oxygens (including phenoxy) is 1. The number of carbonyl (C=O) groups is 2. The van der Waals surface area contributed by atoms with Crippen molar-refractivity contribution in [2.75, 3.05) is 12.4 Å². The van der Waals surface area contributed by atoms with E-state index in [0.29, 0.717) is 5.75 Å².